The smallest absolute Gasteiger partial charge is 0.243 e. The molecular formula is C20H31N3O4S2. The summed E-state index contributed by atoms with van der Waals surface area (Å²) in [7, 11) is -3.63. The molecule has 0 unspecified atom stereocenters. The van der Waals surface area contributed by atoms with Gasteiger partial charge in [-0.15, -0.1) is 0 Å². The molecule has 1 fully saturated rings. The summed E-state index contributed by atoms with van der Waals surface area (Å²) in [4.78, 5) is 25.5. The highest BCUT2D eigenvalue weighted by Crippen LogP contribution is 2.24. The summed E-state index contributed by atoms with van der Waals surface area (Å²) < 4.78 is 27.1. The molecule has 0 radical (unpaired) electrons. The van der Waals surface area contributed by atoms with Gasteiger partial charge in [0.1, 0.15) is 6.04 Å². The fourth-order valence-corrected chi connectivity index (χ4v) is 5.31. The first-order valence-corrected chi connectivity index (χ1v) is 12.7. The first-order chi connectivity index (χ1) is 13.8. The van der Waals surface area contributed by atoms with Crippen molar-refractivity contribution in [1.82, 2.24) is 14.9 Å². The van der Waals surface area contributed by atoms with E-state index >= 15 is 0 Å². The molecular weight excluding hydrogens is 410 g/mol. The van der Waals surface area contributed by atoms with Crippen LogP contribution < -0.4 is 10.6 Å². The van der Waals surface area contributed by atoms with E-state index in [-0.39, 0.29) is 29.3 Å². The number of hydrogen-bond donors (Lipinski definition) is 2. The third-order valence-corrected chi connectivity index (χ3v) is 7.33. The summed E-state index contributed by atoms with van der Waals surface area (Å²) in [5.74, 6) is -0.184. The summed E-state index contributed by atoms with van der Waals surface area (Å²) in [6.07, 6.45) is 3.70. The molecule has 7 nitrogen and oxygen atoms in total. The molecule has 0 aromatic heterocycles. The Morgan fingerprint density at radius 3 is 2.52 bits per heavy atom. The van der Waals surface area contributed by atoms with Crippen LogP contribution >= 0.6 is 11.8 Å². The predicted octanol–water partition coefficient (Wildman–Crippen LogP) is 1.85. The van der Waals surface area contributed by atoms with Crippen molar-refractivity contribution in [3.05, 3.63) is 30.3 Å². The van der Waals surface area contributed by atoms with Crippen LogP contribution in [0.1, 0.15) is 33.1 Å². The van der Waals surface area contributed by atoms with Gasteiger partial charge in [-0.05, 0) is 57.3 Å². The van der Waals surface area contributed by atoms with Gasteiger partial charge in [0.25, 0.3) is 0 Å². The fraction of sp³-hybridized carbons (Fsp3) is 0.600. The highest BCUT2D eigenvalue weighted by Gasteiger charge is 2.34. The van der Waals surface area contributed by atoms with E-state index in [1.807, 2.05) is 20.1 Å². The second-order valence-corrected chi connectivity index (χ2v) is 10.4. The van der Waals surface area contributed by atoms with Crippen molar-refractivity contribution in [1.29, 1.82) is 0 Å². The molecule has 0 spiro atoms. The lowest BCUT2D eigenvalue weighted by molar-refractivity contribution is -0.132. The van der Waals surface area contributed by atoms with Gasteiger partial charge in [-0.3, -0.25) is 9.59 Å². The minimum Gasteiger partial charge on any atom is -0.352 e. The van der Waals surface area contributed by atoms with Crippen LogP contribution in [0.5, 0.6) is 0 Å². The third-order valence-electron chi connectivity index (χ3n) is 4.81. The molecule has 2 N–H and O–H groups in total. The number of nitrogens with one attached hydrogen (secondary N) is 2. The average Bonchev–Trinajstić information content (AvgIpc) is 2.71. The van der Waals surface area contributed by atoms with Crippen LogP contribution in [0.2, 0.25) is 0 Å². The Hall–Kier alpha value is -1.58. The van der Waals surface area contributed by atoms with Crippen LogP contribution in [-0.4, -0.2) is 61.7 Å². The van der Waals surface area contributed by atoms with Gasteiger partial charge in [0.05, 0.1) is 10.8 Å². The van der Waals surface area contributed by atoms with Crippen molar-refractivity contribution >= 4 is 33.6 Å². The SMILES string of the molecule is CSCC[C@H](NC(=O)[C@@H]1CCCN(S(=O)(=O)c2ccccc2)C1)C(=O)NC(C)C. The fourth-order valence-electron chi connectivity index (χ4n) is 3.30. The van der Waals surface area contributed by atoms with E-state index in [1.54, 1.807) is 42.1 Å². The van der Waals surface area contributed by atoms with Gasteiger partial charge in [0.15, 0.2) is 0 Å². The van der Waals surface area contributed by atoms with Crippen LogP contribution in [0, 0.1) is 5.92 Å². The number of amides is 2. The average molecular weight is 442 g/mol. The quantitative estimate of drug-likeness (QED) is 0.610. The van der Waals surface area contributed by atoms with Gasteiger partial charge in [0.2, 0.25) is 21.8 Å². The standard InChI is InChI=1S/C20H31N3O4S2/c1-15(2)21-20(25)18(11-13-28-3)22-19(24)16-8-7-12-23(14-16)29(26,27)17-9-5-4-6-10-17/h4-6,9-10,15-16,18H,7-8,11-14H2,1-3H3,(H,21,25)(H,22,24)/t16-,18+/m1/s1. The van der Waals surface area contributed by atoms with Crippen molar-refractivity contribution in [3.8, 4) is 0 Å². The summed E-state index contributed by atoms with van der Waals surface area (Å²) in [5.41, 5.74) is 0. The Morgan fingerprint density at radius 2 is 1.90 bits per heavy atom. The number of sulfonamides is 1. The van der Waals surface area contributed by atoms with Crippen LogP contribution in [0.4, 0.5) is 0 Å². The number of rotatable bonds is 9. The van der Waals surface area contributed by atoms with Gasteiger partial charge < -0.3 is 10.6 Å². The van der Waals surface area contributed by atoms with Crippen molar-refractivity contribution < 1.29 is 18.0 Å². The summed E-state index contributed by atoms with van der Waals surface area (Å²) in [5, 5.41) is 5.70. The van der Waals surface area contributed by atoms with Crippen LogP contribution in [-0.2, 0) is 19.6 Å². The number of nitrogens with zero attached hydrogens (tertiary/aromatic N) is 1. The first kappa shape index (κ1) is 23.7. The zero-order valence-corrected chi connectivity index (χ0v) is 18.9. The molecule has 1 aliphatic rings. The van der Waals surface area contributed by atoms with Crippen molar-refractivity contribution in [2.24, 2.45) is 5.92 Å². The number of hydrogen-bond acceptors (Lipinski definition) is 5. The van der Waals surface area contributed by atoms with Gasteiger partial charge >= 0.3 is 0 Å². The number of benzene rings is 1. The molecule has 162 valence electrons. The van der Waals surface area contributed by atoms with E-state index in [0.29, 0.717) is 25.8 Å². The van der Waals surface area contributed by atoms with Crippen molar-refractivity contribution in [3.63, 3.8) is 0 Å². The molecule has 9 heteroatoms. The van der Waals surface area contributed by atoms with Crippen molar-refractivity contribution in [2.45, 2.75) is 50.1 Å². The summed E-state index contributed by atoms with van der Waals surface area (Å²) in [6.45, 7) is 4.27. The normalized spacial score (nSPS) is 19.0. The van der Waals surface area contributed by atoms with E-state index in [4.69, 9.17) is 0 Å². The molecule has 29 heavy (non-hydrogen) atoms. The largest absolute Gasteiger partial charge is 0.352 e. The maximum Gasteiger partial charge on any atom is 0.243 e. The van der Waals surface area contributed by atoms with Gasteiger partial charge in [-0.2, -0.15) is 16.1 Å². The summed E-state index contributed by atoms with van der Waals surface area (Å²) in [6, 6.07) is 7.63. The Labute approximate surface area is 178 Å². The van der Waals surface area contributed by atoms with Gasteiger partial charge in [-0.25, -0.2) is 8.42 Å². The molecule has 2 amide bonds. The highest BCUT2D eigenvalue weighted by atomic mass is 32.2. The van der Waals surface area contributed by atoms with Crippen LogP contribution in [0.3, 0.4) is 0 Å². The molecule has 0 aliphatic carbocycles. The lowest BCUT2D eigenvalue weighted by atomic mass is 9.98. The second kappa shape index (κ2) is 11.0. The van der Waals surface area contributed by atoms with E-state index in [2.05, 4.69) is 10.6 Å². The number of carbonyl (C=O) groups is 2. The van der Waals surface area contributed by atoms with Crippen LogP contribution in [0.15, 0.2) is 35.2 Å². The van der Waals surface area contributed by atoms with Crippen LogP contribution in [0.25, 0.3) is 0 Å². The van der Waals surface area contributed by atoms with E-state index in [1.165, 1.54) is 4.31 Å². The minimum atomic E-state index is -3.63. The summed E-state index contributed by atoms with van der Waals surface area (Å²) >= 11 is 1.61. The molecule has 1 aromatic carbocycles. The molecule has 2 rings (SSSR count). The maximum absolute atomic E-state index is 12.9. The molecule has 2 atom stereocenters. The molecule has 1 saturated heterocycles. The molecule has 1 aliphatic heterocycles. The number of piperidine rings is 1. The van der Waals surface area contributed by atoms with E-state index in [9.17, 15) is 18.0 Å². The monoisotopic (exact) mass is 441 g/mol. The topological polar surface area (TPSA) is 95.6 Å². The number of thioether (sulfide) groups is 1. The van der Waals surface area contributed by atoms with Crippen molar-refractivity contribution in [2.75, 3.05) is 25.1 Å². The van der Waals surface area contributed by atoms with E-state index < -0.39 is 22.0 Å². The Kier molecular flexibility index (Phi) is 8.98. The molecule has 0 saturated carbocycles. The lowest BCUT2D eigenvalue weighted by Gasteiger charge is -2.32. The number of carbonyl (C=O) groups excluding carboxylic acids is 2. The zero-order valence-electron chi connectivity index (χ0n) is 17.3. The molecule has 1 aromatic rings. The lowest BCUT2D eigenvalue weighted by Crippen LogP contribution is -2.52. The Morgan fingerprint density at radius 1 is 1.21 bits per heavy atom. The maximum atomic E-state index is 12.9. The first-order valence-electron chi connectivity index (χ1n) is 9.90. The van der Waals surface area contributed by atoms with Gasteiger partial charge in [-0.1, -0.05) is 18.2 Å². The minimum absolute atomic E-state index is 0.0163. The Balaban J connectivity index is 2.06. The second-order valence-electron chi connectivity index (χ2n) is 7.52. The zero-order chi connectivity index (χ0) is 21.4. The Bertz CT molecular complexity index is 784. The molecule has 0 bridgehead atoms. The predicted molar refractivity (Wildman–Crippen MR) is 116 cm³/mol. The van der Waals surface area contributed by atoms with E-state index in [0.717, 1.165) is 5.75 Å². The highest BCUT2D eigenvalue weighted by molar-refractivity contribution is 7.98. The third kappa shape index (κ3) is 6.72. The molecule has 1 heterocycles. The van der Waals surface area contributed by atoms with Gasteiger partial charge in [0, 0.05) is 19.1 Å².